The zero-order valence-electron chi connectivity index (χ0n) is 27.3. The second kappa shape index (κ2) is 18.4. The highest BCUT2D eigenvalue weighted by Crippen LogP contribution is 2.20. The van der Waals surface area contributed by atoms with E-state index in [0.29, 0.717) is 25.8 Å². The van der Waals surface area contributed by atoms with Crippen molar-refractivity contribution in [2.75, 3.05) is 19.6 Å². The maximum atomic E-state index is 13.2. The summed E-state index contributed by atoms with van der Waals surface area (Å²) in [4.78, 5) is 67.1. The van der Waals surface area contributed by atoms with Gasteiger partial charge in [-0.2, -0.15) is 0 Å². The topological polar surface area (TPSA) is 199 Å². The van der Waals surface area contributed by atoms with E-state index in [1.165, 1.54) is 0 Å². The molecule has 0 radical (unpaired) electrons. The van der Waals surface area contributed by atoms with Crippen molar-refractivity contribution < 1.29 is 24.0 Å². The van der Waals surface area contributed by atoms with Gasteiger partial charge in [0.15, 0.2) is 11.7 Å². The monoisotopic (exact) mass is 608 g/mol. The number of rotatable bonds is 18. The number of nitrogens with one attached hydrogen (secondary N) is 6. The minimum absolute atomic E-state index is 0.128. The number of likely N-dealkylation sites (tertiary alicyclic amines) is 1. The normalized spacial score (nSPS) is 17.4. The third kappa shape index (κ3) is 13.3. The van der Waals surface area contributed by atoms with Crippen LogP contribution in [-0.2, 0) is 24.0 Å². The molecule has 0 saturated carbocycles. The molecule has 0 spiro atoms. The molecule has 0 aromatic rings. The van der Waals surface area contributed by atoms with Crippen LogP contribution in [0.15, 0.2) is 0 Å². The molecule has 0 unspecified atom stereocenters. The van der Waals surface area contributed by atoms with Crippen LogP contribution in [0.5, 0.6) is 0 Å². The summed E-state index contributed by atoms with van der Waals surface area (Å²) in [5.74, 6) is -2.48. The van der Waals surface area contributed by atoms with Crippen molar-refractivity contribution in [3.8, 4) is 0 Å². The Kier molecular flexibility index (Phi) is 16.2. The number of nitrogens with zero attached hydrogens (tertiary/aromatic N) is 1. The van der Waals surface area contributed by atoms with E-state index in [-0.39, 0.29) is 54.0 Å². The Bertz CT molecular complexity index is 968. The minimum atomic E-state index is -0.933. The lowest BCUT2D eigenvalue weighted by Gasteiger charge is -2.29. The SMILES string of the molecule is CC(C)C[C@H](NC(=O)[C@@H]1CCCN1C(C)C)C(=O)NCC(=O)N[C@H](C(=O)N[C@@H](CCCNC(=N)N)C(=O)C(C)C)C(C)C. The molecular weight excluding hydrogens is 552 g/mol. The molecule has 0 aromatic heterocycles. The predicted molar refractivity (Wildman–Crippen MR) is 167 cm³/mol. The highest BCUT2D eigenvalue weighted by molar-refractivity contribution is 5.95. The lowest BCUT2D eigenvalue weighted by molar-refractivity contribution is -0.134. The number of Topliss-reactive ketones (excluding diaryl/α,β-unsaturated/α-hetero) is 1. The number of carbonyl (C=O) groups excluding carboxylic acids is 5. The van der Waals surface area contributed by atoms with Crippen LogP contribution in [0.2, 0.25) is 0 Å². The Morgan fingerprint density at radius 1 is 0.884 bits per heavy atom. The van der Waals surface area contributed by atoms with Gasteiger partial charge in [0.1, 0.15) is 12.1 Å². The molecular formula is C30H56N8O5. The van der Waals surface area contributed by atoms with Gasteiger partial charge in [-0.1, -0.05) is 41.5 Å². The third-order valence-corrected chi connectivity index (χ3v) is 7.50. The van der Waals surface area contributed by atoms with Gasteiger partial charge in [-0.05, 0) is 64.3 Å². The van der Waals surface area contributed by atoms with E-state index in [1.54, 1.807) is 27.7 Å². The average molecular weight is 609 g/mol. The second-order valence-electron chi connectivity index (χ2n) is 12.8. The minimum Gasteiger partial charge on any atom is -0.370 e. The summed E-state index contributed by atoms with van der Waals surface area (Å²) in [5, 5.41) is 20.9. The van der Waals surface area contributed by atoms with Gasteiger partial charge >= 0.3 is 0 Å². The molecule has 246 valence electrons. The Labute approximate surface area is 257 Å². The number of guanidine groups is 1. The summed E-state index contributed by atoms with van der Waals surface area (Å²) in [7, 11) is 0. The van der Waals surface area contributed by atoms with E-state index in [2.05, 4.69) is 31.5 Å². The molecule has 0 aliphatic carbocycles. The van der Waals surface area contributed by atoms with E-state index in [4.69, 9.17) is 11.1 Å². The molecule has 1 fully saturated rings. The average Bonchev–Trinajstić information content (AvgIpc) is 3.41. The molecule has 1 aliphatic rings. The largest absolute Gasteiger partial charge is 0.370 e. The van der Waals surface area contributed by atoms with Crippen LogP contribution in [0.1, 0.15) is 87.5 Å². The zero-order valence-corrected chi connectivity index (χ0v) is 27.3. The van der Waals surface area contributed by atoms with Crippen LogP contribution >= 0.6 is 0 Å². The molecule has 1 rings (SSSR count). The van der Waals surface area contributed by atoms with Crippen molar-refractivity contribution in [3.63, 3.8) is 0 Å². The van der Waals surface area contributed by atoms with Gasteiger partial charge in [0.2, 0.25) is 23.6 Å². The van der Waals surface area contributed by atoms with Crippen LogP contribution in [0.3, 0.4) is 0 Å². The summed E-state index contributed by atoms with van der Waals surface area (Å²) in [6.45, 7) is 15.9. The second-order valence-corrected chi connectivity index (χ2v) is 12.8. The molecule has 1 saturated heterocycles. The van der Waals surface area contributed by atoms with Crippen molar-refractivity contribution in [2.45, 2.75) is 118 Å². The molecule has 43 heavy (non-hydrogen) atoms. The van der Waals surface area contributed by atoms with Gasteiger partial charge in [0.05, 0.1) is 18.6 Å². The third-order valence-electron chi connectivity index (χ3n) is 7.50. The Balaban J connectivity index is 2.81. The number of nitrogens with two attached hydrogens (primary N) is 1. The number of carbonyl (C=O) groups is 5. The van der Waals surface area contributed by atoms with Gasteiger partial charge < -0.3 is 32.3 Å². The van der Waals surface area contributed by atoms with E-state index >= 15 is 0 Å². The fourth-order valence-electron chi connectivity index (χ4n) is 5.19. The van der Waals surface area contributed by atoms with Gasteiger partial charge in [0.25, 0.3) is 0 Å². The maximum Gasteiger partial charge on any atom is 0.243 e. The summed E-state index contributed by atoms with van der Waals surface area (Å²) in [5.41, 5.74) is 5.31. The first-order chi connectivity index (χ1) is 20.0. The molecule has 4 amide bonds. The lowest BCUT2D eigenvalue weighted by atomic mass is 9.96. The highest BCUT2D eigenvalue weighted by Gasteiger charge is 2.35. The first kappa shape index (κ1) is 37.8. The molecule has 0 aromatic carbocycles. The Morgan fingerprint density at radius 2 is 1.53 bits per heavy atom. The lowest BCUT2D eigenvalue weighted by Crippen LogP contribution is -2.57. The summed E-state index contributed by atoms with van der Waals surface area (Å²) >= 11 is 0. The van der Waals surface area contributed by atoms with Gasteiger partial charge in [-0.15, -0.1) is 0 Å². The Hall–Kier alpha value is -3.22. The summed E-state index contributed by atoms with van der Waals surface area (Å²) in [6, 6.07) is -2.55. The molecule has 8 N–H and O–H groups in total. The van der Waals surface area contributed by atoms with Crippen LogP contribution in [0.25, 0.3) is 0 Å². The van der Waals surface area contributed by atoms with E-state index in [1.807, 2.05) is 27.7 Å². The Morgan fingerprint density at radius 3 is 2.07 bits per heavy atom. The maximum absolute atomic E-state index is 13.2. The molecule has 13 nitrogen and oxygen atoms in total. The first-order valence-electron chi connectivity index (χ1n) is 15.6. The van der Waals surface area contributed by atoms with Crippen molar-refractivity contribution in [1.82, 2.24) is 31.5 Å². The summed E-state index contributed by atoms with van der Waals surface area (Å²) in [6.07, 6.45) is 2.91. The van der Waals surface area contributed by atoms with Crippen LogP contribution in [-0.4, -0.2) is 90.1 Å². The highest BCUT2D eigenvalue weighted by atomic mass is 16.2. The van der Waals surface area contributed by atoms with E-state index < -0.39 is 35.8 Å². The predicted octanol–water partition coefficient (Wildman–Crippen LogP) is 0.620. The standard InChI is InChI=1S/C30H56N8O5/c1-17(2)15-22(36-28(42)23-12-10-14-38(23)20(7)8)27(41)34-16-24(39)37-25(18(3)4)29(43)35-21(26(40)19(5)6)11-9-13-33-30(31)32/h17-23,25H,9-16H2,1-8H3,(H,34,41)(H,35,43)(H,36,42)(H,37,39)(H4,31,32,33)/t21-,22-,23-,25-/m0/s1. The fraction of sp³-hybridized carbons (Fsp3) is 0.800. The molecule has 13 heteroatoms. The van der Waals surface area contributed by atoms with Gasteiger partial charge in [-0.3, -0.25) is 34.3 Å². The van der Waals surface area contributed by atoms with Gasteiger partial charge in [-0.25, -0.2) is 0 Å². The number of amides is 4. The van der Waals surface area contributed by atoms with Crippen molar-refractivity contribution in [1.29, 1.82) is 5.41 Å². The van der Waals surface area contributed by atoms with Crippen molar-refractivity contribution >= 4 is 35.4 Å². The first-order valence-corrected chi connectivity index (χ1v) is 15.6. The van der Waals surface area contributed by atoms with Crippen LogP contribution < -0.4 is 32.3 Å². The quantitative estimate of drug-likeness (QED) is 0.0667. The smallest absolute Gasteiger partial charge is 0.243 e. The van der Waals surface area contributed by atoms with E-state index in [0.717, 1.165) is 19.4 Å². The molecule has 4 atom stereocenters. The number of hydrogen-bond acceptors (Lipinski definition) is 7. The zero-order chi connectivity index (χ0) is 32.9. The summed E-state index contributed by atoms with van der Waals surface area (Å²) < 4.78 is 0. The van der Waals surface area contributed by atoms with Crippen molar-refractivity contribution in [2.24, 2.45) is 23.5 Å². The van der Waals surface area contributed by atoms with Crippen LogP contribution in [0.4, 0.5) is 0 Å². The fourth-order valence-corrected chi connectivity index (χ4v) is 5.19. The number of hydrogen-bond donors (Lipinski definition) is 7. The molecule has 0 bridgehead atoms. The van der Waals surface area contributed by atoms with Gasteiger partial charge in [0, 0.05) is 18.5 Å². The van der Waals surface area contributed by atoms with Crippen LogP contribution in [0, 0.1) is 23.2 Å². The molecule has 1 aliphatic heterocycles. The van der Waals surface area contributed by atoms with E-state index in [9.17, 15) is 24.0 Å². The van der Waals surface area contributed by atoms with Crippen molar-refractivity contribution in [3.05, 3.63) is 0 Å². The molecule has 1 heterocycles. The number of ketones is 1.